The first-order valence-electron chi connectivity index (χ1n) is 3.61. The van der Waals surface area contributed by atoms with Gasteiger partial charge in [-0.25, -0.2) is 0 Å². The molecule has 68 valence electrons. The number of hydrogen-bond acceptors (Lipinski definition) is 3. The predicted octanol–water partition coefficient (Wildman–Crippen LogP) is 3.66. The third-order valence-corrected chi connectivity index (χ3v) is 4.35. The second-order valence-corrected chi connectivity index (χ2v) is 5.98. The maximum atomic E-state index is 5.96. The van der Waals surface area contributed by atoms with Crippen LogP contribution in [-0.4, -0.2) is 0 Å². The minimum Gasteiger partial charge on any atom is -0.273 e. The van der Waals surface area contributed by atoms with Gasteiger partial charge in [0.15, 0.2) is 0 Å². The highest BCUT2D eigenvalue weighted by Crippen LogP contribution is 2.38. The number of halogens is 1. The Kier molecular flexibility index (Phi) is 3.10. The van der Waals surface area contributed by atoms with Crippen LogP contribution in [0.5, 0.6) is 0 Å². The largest absolute Gasteiger partial charge is 0.273 e. The fourth-order valence-corrected chi connectivity index (χ4v) is 2.70. The highest BCUT2D eigenvalue weighted by atomic mass is 35.5. The van der Waals surface area contributed by atoms with Crippen LogP contribution in [0.25, 0.3) is 0 Å². The van der Waals surface area contributed by atoms with E-state index in [2.05, 4.69) is 20.8 Å². The van der Waals surface area contributed by atoms with Crippen LogP contribution in [-0.2, 0) is 5.41 Å². The van der Waals surface area contributed by atoms with Gasteiger partial charge in [0.2, 0.25) is 0 Å². The number of hydrogen-bond donors (Lipinski definition) is 1. The Morgan fingerprint density at radius 3 is 2.33 bits per heavy atom. The van der Waals surface area contributed by atoms with E-state index in [9.17, 15) is 0 Å². The minimum atomic E-state index is 0.169. The molecular weight excluding hydrogens is 210 g/mol. The second kappa shape index (κ2) is 3.58. The zero-order valence-corrected chi connectivity index (χ0v) is 9.74. The van der Waals surface area contributed by atoms with E-state index in [4.69, 9.17) is 16.7 Å². The summed E-state index contributed by atoms with van der Waals surface area (Å²) >= 11 is 8.85. The van der Waals surface area contributed by atoms with Crippen molar-refractivity contribution in [1.29, 1.82) is 0 Å². The van der Waals surface area contributed by atoms with Gasteiger partial charge in [-0.1, -0.05) is 32.4 Å². The van der Waals surface area contributed by atoms with Crippen LogP contribution < -0.4 is 5.14 Å². The Morgan fingerprint density at radius 1 is 1.50 bits per heavy atom. The Hall–Kier alpha value is 0.300. The summed E-state index contributed by atoms with van der Waals surface area (Å²) in [6.07, 6.45) is 0. The quantitative estimate of drug-likeness (QED) is 0.733. The molecule has 1 aromatic rings. The third kappa shape index (κ3) is 2.16. The Balaban J connectivity index is 3.05. The molecule has 0 fully saturated rings. The summed E-state index contributed by atoms with van der Waals surface area (Å²) in [7, 11) is 0. The lowest BCUT2D eigenvalue weighted by Gasteiger charge is -2.14. The SMILES string of the molecule is CC(C)(C)c1cc(Cl)c(SN)s1. The normalized spacial score (nSPS) is 12.1. The molecule has 0 saturated heterocycles. The Labute approximate surface area is 86.4 Å². The van der Waals surface area contributed by atoms with Crippen molar-refractivity contribution in [3.63, 3.8) is 0 Å². The van der Waals surface area contributed by atoms with Gasteiger partial charge in [0, 0.05) is 4.88 Å². The minimum absolute atomic E-state index is 0.169. The summed E-state index contributed by atoms with van der Waals surface area (Å²) in [5.41, 5.74) is 0.169. The molecule has 1 nitrogen and oxygen atoms in total. The van der Waals surface area contributed by atoms with Crippen LogP contribution >= 0.6 is 34.9 Å². The van der Waals surface area contributed by atoms with Crippen molar-refractivity contribution in [3.8, 4) is 0 Å². The highest BCUT2D eigenvalue weighted by molar-refractivity contribution is 7.99. The second-order valence-electron chi connectivity index (χ2n) is 3.61. The summed E-state index contributed by atoms with van der Waals surface area (Å²) in [6.45, 7) is 6.50. The average molecular weight is 222 g/mol. The van der Waals surface area contributed by atoms with Crippen LogP contribution in [0.1, 0.15) is 25.6 Å². The standard InChI is InChI=1S/C8H12ClNS2/c1-8(2,3)6-4-5(9)7(11-6)12-10/h4H,10H2,1-3H3. The number of thiophene rings is 1. The summed E-state index contributed by atoms with van der Waals surface area (Å²) in [5, 5.41) is 6.23. The highest BCUT2D eigenvalue weighted by Gasteiger charge is 2.18. The summed E-state index contributed by atoms with van der Waals surface area (Å²) in [4.78, 5) is 1.28. The molecule has 0 aliphatic carbocycles. The zero-order chi connectivity index (χ0) is 9.35. The molecule has 0 atom stereocenters. The molecule has 1 heterocycles. The van der Waals surface area contributed by atoms with Crippen LogP contribution in [0.15, 0.2) is 10.3 Å². The van der Waals surface area contributed by atoms with Gasteiger partial charge in [-0.3, -0.25) is 5.14 Å². The first-order chi connectivity index (χ1) is 5.45. The van der Waals surface area contributed by atoms with E-state index >= 15 is 0 Å². The third-order valence-electron chi connectivity index (χ3n) is 1.50. The van der Waals surface area contributed by atoms with Gasteiger partial charge in [0.05, 0.1) is 9.23 Å². The van der Waals surface area contributed by atoms with Crippen molar-refractivity contribution in [2.75, 3.05) is 0 Å². The Bertz CT molecular complexity index is 275. The zero-order valence-electron chi connectivity index (χ0n) is 7.35. The molecule has 1 aromatic heterocycles. The average Bonchev–Trinajstić information content (AvgIpc) is 2.29. The maximum Gasteiger partial charge on any atom is 0.0938 e. The lowest BCUT2D eigenvalue weighted by molar-refractivity contribution is 0.604. The molecule has 0 saturated carbocycles. The van der Waals surface area contributed by atoms with E-state index in [1.165, 1.54) is 16.8 Å². The molecule has 0 amide bonds. The van der Waals surface area contributed by atoms with Crippen LogP contribution in [0.4, 0.5) is 0 Å². The van der Waals surface area contributed by atoms with E-state index in [0.29, 0.717) is 0 Å². The molecule has 0 aromatic carbocycles. The summed E-state index contributed by atoms with van der Waals surface area (Å²) < 4.78 is 1.00. The summed E-state index contributed by atoms with van der Waals surface area (Å²) in [5.74, 6) is 0. The molecule has 0 aliphatic heterocycles. The lowest BCUT2D eigenvalue weighted by Crippen LogP contribution is -2.07. The van der Waals surface area contributed by atoms with Gasteiger partial charge in [0.25, 0.3) is 0 Å². The first-order valence-corrected chi connectivity index (χ1v) is 5.69. The molecule has 12 heavy (non-hydrogen) atoms. The van der Waals surface area contributed by atoms with Gasteiger partial charge in [-0.05, 0) is 23.4 Å². The van der Waals surface area contributed by atoms with Crippen molar-refractivity contribution in [1.82, 2.24) is 0 Å². The fourth-order valence-electron chi connectivity index (χ4n) is 0.802. The van der Waals surface area contributed by atoms with E-state index < -0.39 is 0 Å². The van der Waals surface area contributed by atoms with Gasteiger partial charge < -0.3 is 0 Å². The van der Waals surface area contributed by atoms with Gasteiger partial charge in [-0.2, -0.15) is 0 Å². The predicted molar refractivity (Wildman–Crippen MR) is 58.1 cm³/mol. The number of rotatable bonds is 1. The maximum absolute atomic E-state index is 5.96. The molecule has 4 heteroatoms. The van der Waals surface area contributed by atoms with E-state index in [1.807, 2.05) is 6.07 Å². The molecular formula is C8H12ClNS2. The van der Waals surface area contributed by atoms with Gasteiger partial charge in [0.1, 0.15) is 0 Å². The molecule has 0 unspecified atom stereocenters. The van der Waals surface area contributed by atoms with Crippen molar-refractivity contribution >= 4 is 34.9 Å². The number of nitrogens with two attached hydrogens (primary N) is 1. The lowest BCUT2D eigenvalue weighted by atomic mass is 9.95. The van der Waals surface area contributed by atoms with Crippen molar-refractivity contribution < 1.29 is 0 Å². The van der Waals surface area contributed by atoms with Crippen molar-refractivity contribution in [2.45, 2.75) is 30.4 Å². The monoisotopic (exact) mass is 221 g/mol. The molecule has 2 N–H and O–H groups in total. The van der Waals surface area contributed by atoms with Crippen LogP contribution in [0.3, 0.4) is 0 Å². The molecule has 0 bridgehead atoms. The van der Waals surface area contributed by atoms with Crippen LogP contribution in [0.2, 0.25) is 5.02 Å². The Morgan fingerprint density at radius 2 is 2.08 bits per heavy atom. The van der Waals surface area contributed by atoms with Crippen LogP contribution in [0, 0.1) is 0 Å². The van der Waals surface area contributed by atoms with Gasteiger partial charge in [-0.15, -0.1) is 11.3 Å². The molecule has 0 aliphatic rings. The van der Waals surface area contributed by atoms with E-state index in [-0.39, 0.29) is 5.41 Å². The van der Waals surface area contributed by atoms with Gasteiger partial charge >= 0.3 is 0 Å². The molecule has 0 radical (unpaired) electrons. The van der Waals surface area contributed by atoms with E-state index in [0.717, 1.165) is 9.23 Å². The first kappa shape index (κ1) is 10.4. The van der Waals surface area contributed by atoms with E-state index in [1.54, 1.807) is 11.3 Å². The van der Waals surface area contributed by atoms with Crippen molar-refractivity contribution in [3.05, 3.63) is 16.0 Å². The topological polar surface area (TPSA) is 26.0 Å². The fraction of sp³-hybridized carbons (Fsp3) is 0.500. The summed E-state index contributed by atoms with van der Waals surface area (Å²) in [6, 6.07) is 2.00. The molecule has 0 spiro atoms. The smallest absolute Gasteiger partial charge is 0.0938 e. The van der Waals surface area contributed by atoms with Crippen molar-refractivity contribution in [2.24, 2.45) is 5.14 Å². The molecule has 1 rings (SSSR count).